The SMILES string of the molecule is CCOC(=O)CS(=O)CCN(c1cccc(OC)c1)S(=O)(=O)c1ccc(C)cc1. The summed E-state index contributed by atoms with van der Waals surface area (Å²) < 4.78 is 50.0. The van der Waals surface area contributed by atoms with Crippen LogP contribution in [-0.4, -0.2) is 50.4 Å². The van der Waals surface area contributed by atoms with Gasteiger partial charge in [0.15, 0.2) is 0 Å². The average Bonchev–Trinajstić information content (AvgIpc) is 2.68. The molecule has 0 spiro atoms. The molecule has 0 saturated carbocycles. The summed E-state index contributed by atoms with van der Waals surface area (Å²) in [7, 11) is -3.97. The van der Waals surface area contributed by atoms with Crippen LogP contribution in [0.25, 0.3) is 0 Å². The van der Waals surface area contributed by atoms with Crippen LogP contribution >= 0.6 is 0 Å². The van der Waals surface area contributed by atoms with Gasteiger partial charge in [-0.05, 0) is 38.1 Å². The fourth-order valence-electron chi connectivity index (χ4n) is 2.58. The molecule has 2 aromatic carbocycles. The zero-order valence-corrected chi connectivity index (χ0v) is 18.3. The van der Waals surface area contributed by atoms with Crippen molar-refractivity contribution < 1.29 is 26.9 Å². The third kappa shape index (κ3) is 6.30. The monoisotopic (exact) mass is 439 g/mol. The summed E-state index contributed by atoms with van der Waals surface area (Å²) in [6.07, 6.45) is 0. The van der Waals surface area contributed by atoms with Crippen molar-refractivity contribution in [1.29, 1.82) is 0 Å². The topological polar surface area (TPSA) is 90.0 Å². The van der Waals surface area contributed by atoms with E-state index in [0.717, 1.165) is 5.56 Å². The number of aryl methyl sites for hydroxylation is 1. The van der Waals surface area contributed by atoms with E-state index in [1.807, 2.05) is 6.92 Å². The van der Waals surface area contributed by atoms with Crippen molar-refractivity contribution >= 4 is 32.5 Å². The Labute approximate surface area is 174 Å². The molecule has 0 saturated heterocycles. The number of methoxy groups -OCH3 is 1. The van der Waals surface area contributed by atoms with Crippen molar-refractivity contribution in [1.82, 2.24) is 0 Å². The van der Waals surface area contributed by atoms with Gasteiger partial charge in [-0.1, -0.05) is 23.8 Å². The van der Waals surface area contributed by atoms with Crippen LogP contribution in [0.4, 0.5) is 5.69 Å². The van der Waals surface area contributed by atoms with Gasteiger partial charge in [-0.2, -0.15) is 0 Å². The summed E-state index contributed by atoms with van der Waals surface area (Å²) in [6, 6.07) is 13.1. The zero-order chi connectivity index (χ0) is 21.4. The van der Waals surface area contributed by atoms with E-state index in [0.29, 0.717) is 11.4 Å². The zero-order valence-electron chi connectivity index (χ0n) is 16.7. The van der Waals surface area contributed by atoms with Crippen LogP contribution < -0.4 is 9.04 Å². The maximum absolute atomic E-state index is 13.3. The molecule has 1 atom stereocenters. The molecule has 0 aliphatic rings. The Morgan fingerprint density at radius 1 is 1.14 bits per heavy atom. The minimum Gasteiger partial charge on any atom is -0.497 e. The first-order chi connectivity index (χ1) is 13.8. The number of esters is 1. The van der Waals surface area contributed by atoms with E-state index >= 15 is 0 Å². The van der Waals surface area contributed by atoms with Gasteiger partial charge in [0.1, 0.15) is 11.5 Å². The molecule has 2 rings (SSSR count). The Morgan fingerprint density at radius 3 is 2.45 bits per heavy atom. The third-order valence-corrected chi connectivity index (χ3v) is 7.09. The Hall–Kier alpha value is -2.39. The highest BCUT2D eigenvalue weighted by Gasteiger charge is 2.26. The Kier molecular flexibility index (Phi) is 8.21. The number of anilines is 1. The minimum atomic E-state index is -3.90. The van der Waals surface area contributed by atoms with Gasteiger partial charge in [0, 0.05) is 29.2 Å². The van der Waals surface area contributed by atoms with Crippen molar-refractivity contribution in [3.8, 4) is 5.75 Å². The highest BCUT2D eigenvalue weighted by molar-refractivity contribution is 7.93. The largest absolute Gasteiger partial charge is 0.497 e. The summed E-state index contributed by atoms with van der Waals surface area (Å²) in [5.41, 5.74) is 1.32. The lowest BCUT2D eigenvalue weighted by atomic mass is 10.2. The maximum Gasteiger partial charge on any atom is 0.318 e. The van der Waals surface area contributed by atoms with Crippen LogP contribution in [0.5, 0.6) is 5.75 Å². The van der Waals surface area contributed by atoms with E-state index in [1.54, 1.807) is 43.3 Å². The second-order valence-corrected chi connectivity index (χ2v) is 9.62. The average molecular weight is 440 g/mol. The lowest BCUT2D eigenvalue weighted by Gasteiger charge is -2.25. The molecule has 1 unspecified atom stereocenters. The molecule has 0 aliphatic heterocycles. The molecule has 29 heavy (non-hydrogen) atoms. The maximum atomic E-state index is 13.3. The molecule has 0 N–H and O–H groups in total. The molecular weight excluding hydrogens is 414 g/mol. The summed E-state index contributed by atoms with van der Waals surface area (Å²) in [4.78, 5) is 11.7. The normalized spacial score (nSPS) is 12.2. The molecule has 0 fully saturated rings. The van der Waals surface area contributed by atoms with E-state index in [-0.39, 0.29) is 29.6 Å². The molecule has 0 aromatic heterocycles. The molecule has 0 radical (unpaired) electrons. The van der Waals surface area contributed by atoms with Crippen LogP contribution in [0, 0.1) is 6.92 Å². The lowest BCUT2D eigenvalue weighted by molar-refractivity contribution is -0.139. The second-order valence-electron chi connectivity index (χ2n) is 6.19. The quantitative estimate of drug-likeness (QED) is 0.529. The summed E-state index contributed by atoms with van der Waals surface area (Å²) in [6.45, 7) is 3.68. The smallest absolute Gasteiger partial charge is 0.318 e. The minimum absolute atomic E-state index is 0.0128. The van der Waals surface area contributed by atoms with Crippen molar-refractivity contribution in [2.24, 2.45) is 0 Å². The van der Waals surface area contributed by atoms with Gasteiger partial charge in [0.05, 0.1) is 24.3 Å². The van der Waals surface area contributed by atoms with Crippen LogP contribution in [0.2, 0.25) is 0 Å². The predicted octanol–water partition coefficient (Wildman–Crippen LogP) is 2.51. The first-order valence-electron chi connectivity index (χ1n) is 9.02. The number of nitrogens with zero attached hydrogens (tertiary/aromatic N) is 1. The summed E-state index contributed by atoms with van der Waals surface area (Å²) >= 11 is 0. The Balaban J connectivity index is 2.32. The second kappa shape index (κ2) is 10.4. The van der Waals surface area contributed by atoms with E-state index in [1.165, 1.54) is 23.5 Å². The van der Waals surface area contributed by atoms with E-state index < -0.39 is 26.8 Å². The number of ether oxygens (including phenoxy) is 2. The lowest BCUT2D eigenvalue weighted by Crippen LogP contribution is -2.35. The molecule has 0 aliphatic carbocycles. The van der Waals surface area contributed by atoms with Crippen molar-refractivity contribution in [3.05, 3.63) is 54.1 Å². The van der Waals surface area contributed by atoms with Gasteiger partial charge in [-0.25, -0.2) is 8.42 Å². The van der Waals surface area contributed by atoms with Gasteiger partial charge in [0.2, 0.25) is 0 Å². The first-order valence-corrected chi connectivity index (χ1v) is 11.9. The number of benzene rings is 2. The van der Waals surface area contributed by atoms with Gasteiger partial charge in [-0.15, -0.1) is 0 Å². The molecule has 0 heterocycles. The van der Waals surface area contributed by atoms with Crippen LogP contribution in [0.15, 0.2) is 53.4 Å². The van der Waals surface area contributed by atoms with E-state index in [9.17, 15) is 17.4 Å². The van der Waals surface area contributed by atoms with Crippen LogP contribution in [0.1, 0.15) is 12.5 Å². The predicted molar refractivity (Wildman–Crippen MR) is 113 cm³/mol. The molecule has 9 heteroatoms. The van der Waals surface area contributed by atoms with Crippen molar-refractivity contribution in [2.75, 3.05) is 36.1 Å². The van der Waals surface area contributed by atoms with Crippen LogP contribution in [-0.2, 0) is 30.4 Å². The molecule has 2 aromatic rings. The molecule has 0 bridgehead atoms. The van der Waals surface area contributed by atoms with Gasteiger partial charge < -0.3 is 9.47 Å². The van der Waals surface area contributed by atoms with Gasteiger partial charge in [-0.3, -0.25) is 13.3 Å². The fourth-order valence-corrected chi connectivity index (χ4v) is 5.03. The summed E-state index contributed by atoms with van der Waals surface area (Å²) in [5, 5.41) is 0. The highest BCUT2D eigenvalue weighted by atomic mass is 32.2. The fraction of sp³-hybridized carbons (Fsp3) is 0.350. The number of sulfonamides is 1. The van der Waals surface area contributed by atoms with E-state index in [4.69, 9.17) is 9.47 Å². The van der Waals surface area contributed by atoms with Gasteiger partial charge >= 0.3 is 5.97 Å². The highest BCUT2D eigenvalue weighted by Crippen LogP contribution is 2.27. The number of rotatable bonds is 10. The molecule has 158 valence electrons. The summed E-state index contributed by atoms with van der Waals surface area (Å²) in [5.74, 6) is -0.356. The number of hydrogen-bond donors (Lipinski definition) is 0. The Morgan fingerprint density at radius 2 is 1.83 bits per heavy atom. The third-order valence-electron chi connectivity index (χ3n) is 4.06. The number of carbonyl (C=O) groups is 1. The van der Waals surface area contributed by atoms with Crippen LogP contribution in [0.3, 0.4) is 0 Å². The number of carbonyl (C=O) groups excluding carboxylic acids is 1. The molecule has 7 nitrogen and oxygen atoms in total. The Bertz CT molecular complexity index is 957. The molecular formula is C20H25NO6S2. The first kappa shape index (κ1) is 22.9. The van der Waals surface area contributed by atoms with Crippen molar-refractivity contribution in [2.45, 2.75) is 18.7 Å². The van der Waals surface area contributed by atoms with Crippen molar-refractivity contribution in [3.63, 3.8) is 0 Å². The standard InChI is InChI=1S/C20H25NO6S2/c1-4-27-20(22)15-28(23)13-12-21(17-6-5-7-18(14-17)26-3)29(24,25)19-10-8-16(2)9-11-19/h5-11,14H,4,12-13,15H2,1-3H3. The van der Waals surface area contributed by atoms with E-state index in [2.05, 4.69) is 0 Å². The molecule has 0 amide bonds. The number of hydrogen-bond acceptors (Lipinski definition) is 6. The van der Waals surface area contributed by atoms with Gasteiger partial charge in [0.25, 0.3) is 10.0 Å².